The number of pyridine rings is 1. The minimum Gasteiger partial charge on any atom is -0.465 e. The third-order valence-electron chi connectivity index (χ3n) is 3.97. The third kappa shape index (κ3) is 4.89. The molecule has 0 aliphatic heterocycles. The van der Waals surface area contributed by atoms with Crippen molar-refractivity contribution < 1.29 is 22.7 Å². The van der Waals surface area contributed by atoms with Crippen molar-refractivity contribution in [1.82, 2.24) is 9.38 Å². The normalized spacial score (nSPS) is 11.9. The molecule has 0 amide bonds. The number of rotatable bonds is 6. The number of hydrogen-bond acceptors (Lipinski definition) is 4. The van der Waals surface area contributed by atoms with Gasteiger partial charge < -0.3 is 10.1 Å². The maximum Gasteiger partial charge on any atom is 0.417 e. The van der Waals surface area contributed by atoms with E-state index in [1.54, 1.807) is 19.1 Å². The van der Waals surface area contributed by atoms with Gasteiger partial charge in [0.05, 0.1) is 17.2 Å². The number of alkyl halides is 3. The number of ether oxygens (including phenoxy) is 1. The second-order valence-corrected chi connectivity index (χ2v) is 6.42. The van der Waals surface area contributed by atoms with Crippen molar-refractivity contribution in [3.8, 4) is 0 Å². The van der Waals surface area contributed by atoms with E-state index >= 15 is 0 Å². The van der Waals surface area contributed by atoms with Crippen LogP contribution in [0.5, 0.6) is 0 Å². The summed E-state index contributed by atoms with van der Waals surface area (Å²) < 4.78 is 45.7. The van der Waals surface area contributed by atoms with Gasteiger partial charge in [-0.25, -0.2) is 4.98 Å². The van der Waals surface area contributed by atoms with Gasteiger partial charge in [-0.1, -0.05) is 48.0 Å². The smallest absolute Gasteiger partial charge is 0.417 e. The summed E-state index contributed by atoms with van der Waals surface area (Å²) in [6.45, 7) is 1.62. The quantitative estimate of drug-likeness (QED) is 0.557. The molecular formula is C20H17ClF3N3O2. The van der Waals surface area contributed by atoms with Crippen LogP contribution in [0, 0.1) is 0 Å². The number of nitrogens with one attached hydrogen (secondary N) is 1. The van der Waals surface area contributed by atoms with Crippen molar-refractivity contribution in [3.05, 3.63) is 64.4 Å². The summed E-state index contributed by atoms with van der Waals surface area (Å²) in [6.07, 6.45) is -0.294. The van der Waals surface area contributed by atoms with Gasteiger partial charge in [0, 0.05) is 6.20 Å². The Morgan fingerprint density at radius 2 is 2.00 bits per heavy atom. The van der Waals surface area contributed by atoms with E-state index in [1.165, 1.54) is 4.40 Å². The van der Waals surface area contributed by atoms with E-state index in [4.69, 9.17) is 16.3 Å². The first-order valence-electron chi connectivity index (χ1n) is 8.71. The monoisotopic (exact) mass is 423 g/mol. The van der Waals surface area contributed by atoms with Gasteiger partial charge in [0.1, 0.15) is 18.1 Å². The molecular weight excluding hydrogens is 407 g/mol. The topological polar surface area (TPSA) is 55.6 Å². The van der Waals surface area contributed by atoms with Crippen LogP contribution in [0.25, 0.3) is 17.8 Å². The Bertz CT molecular complexity index is 1050. The molecule has 1 aromatic carbocycles. The molecule has 0 spiro atoms. The van der Waals surface area contributed by atoms with Crippen molar-refractivity contribution >= 4 is 41.2 Å². The lowest BCUT2D eigenvalue weighted by molar-refractivity contribution is -0.141. The number of carbonyl (C=O) groups is 1. The van der Waals surface area contributed by atoms with Crippen molar-refractivity contribution in [2.24, 2.45) is 0 Å². The fourth-order valence-corrected chi connectivity index (χ4v) is 2.93. The molecule has 0 radical (unpaired) electrons. The second kappa shape index (κ2) is 8.57. The molecule has 3 rings (SSSR count). The largest absolute Gasteiger partial charge is 0.465 e. The van der Waals surface area contributed by atoms with Gasteiger partial charge in [0.25, 0.3) is 0 Å². The van der Waals surface area contributed by atoms with E-state index in [-0.39, 0.29) is 29.6 Å². The molecule has 0 saturated heterocycles. The van der Waals surface area contributed by atoms with Crippen LogP contribution in [0.15, 0.2) is 42.6 Å². The van der Waals surface area contributed by atoms with Crippen molar-refractivity contribution in [3.63, 3.8) is 0 Å². The molecule has 0 bridgehead atoms. The van der Waals surface area contributed by atoms with Gasteiger partial charge in [-0.05, 0) is 24.6 Å². The second-order valence-electron chi connectivity index (χ2n) is 6.02. The molecule has 0 aliphatic rings. The molecule has 9 heteroatoms. The van der Waals surface area contributed by atoms with Gasteiger partial charge >= 0.3 is 12.1 Å². The molecule has 0 atom stereocenters. The minimum absolute atomic E-state index is 0.138. The summed E-state index contributed by atoms with van der Waals surface area (Å²) in [5, 5.41) is 2.66. The highest BCUT2D eigenvalue weighted by Crippen LogP contribution is 2.34. The lowest BCUT2D eigenvalue weighted by atomic mass is 10.2. The fourth-order valence-electron chi connectivity index (χ4n) is 2.68. The van der Waals surface area contributed by atoms with E-state index in [9.17, 15) is 18.0 Å². The minimum atomic E-state index is -4.58. The summed E-state index contributed by atoms with van der Waals surface area (Å²) in [7, 11) is 0. The molecule has 1 N–H and O–H groups in total. The van der Waals surface area contributed by atoms with Crippen LogP contribution in [0.3, 0.4) is 0 Å². The number of fused-ring (bicyclic) bond motifs is 1. The number of aromatic nitrogens is 2. The maximum atomic E-state index is 13.2. The van der Waals surface area contributed by atoms with Gasteiger partial charge in [0.2, 0.25) is 0 Å². The molecule has 0 unspecified atom stereocenters. The molecule has 0 aliphatic carbocycles. The lowest BCUT2D eigenvalue weighted by Gasteiger charge is -2.11. The van der Waals surface area contributed by atoms with Gasteiger partial charge in [-0.15, -0.1) is 0 Å². The van der Waals surface area contributed by atoms with Gasteiger partial charge in [-0.2, -0.15) is 13.2 Å². The Morgan fingerprint density at radius 1 is 1.28 bits per heavy atom. The van der Waals surface area contributed by atoms with Crippen molar-refractivity contribution in [2.45, 2.75) is 13.1 Å². The first-order valence-corrected chi connectivity index (χ1v) is 9.09. The highest BCUT2D eigenvalue weighted by atomic mass is 35.5. The van der Waals surface area contributed by atoms with Crippen molar-refractivity contribution in [1.29, 1.82) is 0 Å². The Labute approximate surface area is 169 Å². The number of halogens is 4. The Balaban J connectivity index is 2.08. The lowest BCUT2D eigenvalue weighted by Crippen LogP contribution is -2.18. The highest BCUT2D eigenvalue weighted by molar-refractivity contribution is 6.33. The van der Waals surface area contributed by atoms with Crippen LogP contribution < -0.4 is 5.32 Å². The van der Waals surface area contributed by atoms with E-state index in [1.807, 2.05) is 30.3 Å². The predicted molar refractivity (Wildman–Crippen MR) is 106 cm³/mol. The number of nitrogens with zero attached hydrogens (tertiary/aromatic N) is 2. The van der Waals surface area contributed by atoms with Crippen LogP contribution >= 0.6 is 11.6 Å². The predicted octanol–water partition coefficient (Wildman–Crippen LogP) is 5.15. The fraction of sp³-hybridized carbons (Fsp3) is 0.200. The Morgan fingerprint density at radius 3 is 2.66 bits per heavy atom. The third-order valence-corrected chi connectivity index (χ3v) is 4.25. The zero-order chi connectivity index (χ0) is 21.0. The summed E-state index contributed by atoms with van der Waals surface area (Å²) in [6, 6.07) is 10.1. The van der Waals surface area contributed by atoms with Gasteiger partial charge in [-0.3, -0.25) is 9.20 Å². The zero-order valence-electron chi connectivity index (χ0n) is 15.3. The van der Waals surface area contributed by atoms with Crippen LogP contribution in [0.4, 0.5) is 19.0 Å². The number of anilines is 1. The molecule has 0 fully saturated rings. The SMILES string of the molecule is CCOC(=O)CNc1c(/C=C/c2ccccc2)nc2c(Cl)cc(C(F)(F)F)cn12. The Hall–Kier alpha value is -3.00. The molecule has 3 aromatic rings. The number of carbonyl (C=O) groups excluding carboxylic acids is 1. The van der Waals surface area contributed by atoms with Crippen molar-refractivity contribution in [2.75, 3.05) is 18.5 Å². The Kier molecular flexibility index (Phi) is 6.12. The standard InChI is InChI=1S/C20H17ClF3N3O2/c1-2-29-17(28)11-25-19-16(9-8-13-6-4-3-5-7-13)26-18-15(21)10-14(12-27(18)19)20(22,23)24/h3-10,12,25H,2,11H2,1H3/b9-8+. The van der Waals surface area contributed by atoms with E-state index < -0.39 is 17.7 Å². The van der Waals surface area contributed by atoms with Crippen LogP contribution in [0.1, 0.15) is 23.7 Å². The molecule has 29 heavy (non-hydrogen) atoms. The first-order chi connectivity index (χ1) is 13.8. The van der Waals surface area contributed by atoms with E-state index in [0.29, 0.717) is 5.69 Å². The summed E-state index contributed by atoms with van der Waals surface area (Å²) in [5.41, 5.74) is 0.422. The number of imidazole rings is 1. The average Bonchev–Trinajstić information content (AvgIpc) is 3.03. The van der Waals surface area contributed by atoms with Crippen LogP contribution in [-0.2, 0) is 15.7 Å². The van der Waals surface area contributed by atoms with E-state index in [2.05, 4.69) is 10.3 Å². The number of esters is 1. The molecule has 0 saturated carbocycles. The first kappa shape index (κ1) is 20.7. The molecule has 2 heterocycles. The summed E-state index contributed by atoms with van der Waals surface area (Å²) in [5.74, 6) is -0.341. The van der Waals surface area contributed by atoms with Crippen LogP contribution in [0.2, 0.25) is 5.02 Å². The zero-order valence-corrected chi connectivity index (χ0v) is 16.1. The average molecular weight is 424 g/mol. The van der Waals surface area contributed by atoms with E-state index in [0.717, 1.165) is 17.8 Å². The molecule has 152 valence electrons. The van der Waals surface area contributed by atoms with Gasteiger partial charge in [0.15, 0.2) is 5.65 Å². The maximum absolute atomic E-state index is 13.2. The molecule has 5 nitrogen and oxygen atoms in total. The van der Waals surface area contributed by atoms with Crippen LogP contribution in [-0.4, -0.2) is 28.5 Å². The summed E-state index contributed by atoms with van der Waals surface area (Å²) >= 11 is 6.06. The number of hydrogen-bond donors (Lipinski definition) is 1. The highest BCUT2D eigenvalue weighted by Gasteiger charge is 2.32. The molecule has 2 aromatic heterocycles. The number of benzene rings is 1. The summed E-state index contributed by atoms with van der Waals surface area (Å²) in [4.78, 5) is 16.1.